The molecule has 3 N–H and O–H groups in total. The van der Waals surface area contributed by atoms with E-state index in [1.54, 1.807) is 24.3 Å². The molecule has 0 bridgehead atoms. The van der Waals surface area contributed by atoms with Gasteiger partial charge in [0.2, 0.25) is 0 Å². The number of nitrogens with one attached hydrogen (secondary N) is 1. The Morgan fingerprint density at radius 3 is 2.60 bits per heavy atom. The SMILES string of the molecule is CCOc1ccc(C(=O)NC2CC(O)C(CO)C2)cc1. The molecule has 0 radical (unpaired) electrons. The molecular weight excluding hydrogens is 258 g/mol. The summed E-state index contributed by atoms with van der Waals surface area (Å²) in [4.78, 5) is 12.1. The van der Waals surface area contributed by atoms with Gasteiger partial charge in [0, 0.05) is 24.1 Å². The number of benzene rings is 1. The van der Waals surface area contributed by atoms with Crippen molar-refractivity contribution in [3.63, 3.8) is 0 Å². The summed E-state index contributed by atoms with van der Waals surface area (Å²) in [5, 5.41) is 21.7. The maximum Gasteiger partial charge on any atom is 0.251 e. The van der Waals surface area contributed by atoms with Crippen LogP contribution in [-0.2, 0) is 0 Å². The van der Waals surface area contributed by atoms with Crippen LogP contribution in [0.15, 0.2) is 24.3 Å². The van der Waals surface area contributed by atoms with Gasteiger partial charge in [-0.2, -0.15) is 0 Å². The molecule has 0 saturated heterocycles. The van der Waals surface area contributed by atoms with Gasteiger partial charge in [-0.05, 0) is 44.0 Å². The standard InChI is InChI=1S/C15H21NO4/c1-2-20-13-5-3-10(4-6-13)15(19)16-12-7-11(9-17)14(18)8-12/h3-6,11-12,14,17-18H,2,7-9H2,1H3,(H,16,19). The Balaban J connectivity index is 1.92. The summed E-state index contributed by atoms with van der Waals surface area (Å²) in [7, 11) is 0. The highest BCUT2D eigenvalue weighted by Crippen LogP contribution is 2.26. The maximum absolute atomic E-state index is 12.1. The minimum Gasteiger partial charge on any atom is -0.494 e. The van der Waals surface area contributed by atoms with Crippen LogP contribution in [0.1, 0.15) is 30.1 Å². The minimum absolute atomic E-state index is 0.0450. The molecule has 20 heavy (non-hydrogen) atoms. The van der Waals surface area contributed by atoms with Gasteiger partial charge in [0.1, 0.15) is 5.75 Å². The first-order valence-corrected chi connectivity index (χ1v) is 6.96. The van der Waals surface area contributed by atoms with Crippen LogP contribution in [0, 0.1) is 5.92 Å². The predicted molar refractivity (Wildman–Crippen MR) is 74.7 cm³/mol. The first-order chi connectivity index (χ1) is 9.63. The van der Waals surface area contributed by atoms with Crippen LogP contribution < -0.4 is 10.1 Å². The van der Waals surface area contributed by atoms with Crippen LogP contribution in [-0.4, -0.2) is 41.5 Å². The van der Waals surface area contributed by atoms with Crippen LogP contribution in [0.25, 0.3) is 0 Å². The Bertz CT molecular complexity index is 446. The van der Waals surface area contributed by atoms with Gasteiger partial charge < -0.3 is 20.3 Å². The van der Waals surface area contributed by atoms with E-state index in [1.165, 1.54) is 0 Å². The van der Waals surface area contributed by atoms with Crippen molar-refractivity contribution >= 4 is 5.91 Å². The maximum atomic E-state index is 12.1. The monoisotopic (exact) mass is 279 g/mol. The Kier molecular flexibility index (Phi) is 4.98. The lowest BCUT2D eigenvalue weighted by Crippen LogP contribution is -2.33. The molecule has 1 saturated carbocycles. The van der Waals surface area contributed by atoms with Crippen molar-refractivity contribution < 1.29 is 19.7 Å². The fourth-order valence-corrected chi connectivity index (χ4v) is 2.55. The number of hydrogen-bond acceptors (Lipinski definition) is 4. The van der Waals surface area contributed by atoms with E-state index in [4.69, 9.17) is 9.84 Å². The van der Waals surface area contributed by atoms with Crippen LogP contribution in [0.2, 0.25) is 0 Å². The van der Waals surface area contributed by atoms with E-state index in [1.807, 2.05) is 6.92 Å². The molecule has 0 spiro atoms. The molecular formula is C15H21NO4. The fraction of sp³-hybridized carbons (Fsp3) is 0.533. The summed E-state index contributed by atoms with van der Waals surface area (Å²) < 4.78 is 5.32. The van der Waals surface area contributed by atoms with E-state index in [0.717, 1.165) is 5.75 Å². The molecule has 1 aliphatic rings. The molecule has 0 heterocycles. The second-order valence-corrected chi connectivity index (χ2v) is 5.11. The molecule has 1 aliphatic carbocycles. The zero-order chi connectivity index (χ0) is 14.5. The fourth-order valence-electron chi connectivity index (χ4n) is 2.55. The third-order valence-corrected chi connectivity index (χ3v) is 3.65. The first kappa shape index (κ1) is 14.8. The molecule has 0 aromatic heterocycles. The molecule has 1 amide bonds. The predicted octanol–water partition coefficient (Wildman–Crippen LogP) is 0.947. The minimum atomic E-state index is -0.536. The molecule has 5 nitrogen and oxygen atoms in total. The molecule has 0 aliphatic heterocycles. The Morgan fingerprint density at radius 2 is 2.05 bits per heavy atom. The largest absolute Gasteiger partial charge is 0.494 e. The van der Waals surface area contributed by atoms with Gasteiger partial charge in [0.15, 0.2) is 0 Å². The highest BCUT2D eigenvalue weighted by molar-refractivity contribution is 5.94. The average molecular weight is 279 g/mol. The molecule has 3 unspecified atom stereocenters. The number of rotatable bonds is 5. The number of aliphatic hydroxyl groups is 2. The summed E-state index contributed by atoms with van der Waals surface area (Å²) in [6.07, 6.45) is 0.569. The molecule has 5 heteroatoms. The van der Waals surface area contributed by atoms with Crippen molar-refractivity contribution in [1.29, 1.82) is 0 Å². The number of ether oxygens (including phenoxy) is 1. The van der Waals surface area contributed by atoms with Crippen molar-refractivity contribution in [1.82, 2.24) is 5.32 Å². The van der Waals surface area contributed by atoms with Gasteiger partial charge in [-0.25, -0.2) is 0 Å². The summed E-state index contributed by atoms with van der Waals surface area (Å²) in [6.45, 7) is 2.45. The highest BCUT2D eigenvalue weighted by Gasteiger charge is 2.33. The lowest BCUT2D eigenvalue weighted by Gasteiger charge is -2.12. The summed E-state index contributed by atoms with van der Waals surface area (Å²) in [5.41, 5.74) is 0.565. The number of aliphatic hydroxyl groups excluding tert-OH is 2. The quantitative estimate of drug-likeness (QED) is 0.749. The lowest BCUT2D eigenvalue weighted by atomic mass is 10.1. The van der Waals surface area contributed by atoms with Crippen molar-refractivity contribution in [2.75, 3.05) is 13.2 Å². The van der Waals surface area contributed by atoms with E-state index in [2.05, 4.69) is 5.32 Å². The van der Waals surface area contributed by atoms with Crippen LogP contribution in [0.5, 0.6) is 5.75 Å². The van der Waals surface area contributed by atoms with E-state index >= 15 is 0 Å². The lowest BCUT2D eigenvalue weighted by molar-refractivity contribution is 0.0903. The zero-order valence-electron chi connectivity index (χ0n) is 11.6. The van der Waals surface area contributed by atoms with Crippen molar-refractivity contribution in [2.24, 2.45) is 5.92 Å². The average Bonchev–Trinajstić information content (AvgIpc) is 2.80. The van der Waals surface area contributed by atoms with Crippen LogP contribution in [0.4, 0.5) is 0 Å². The molecule has 2 rings (SSSR count). The topological polar surface area (TPSA) is 78.8 Å². The normalized spacial score (nSPS) is 25.4. The van der Waals surface area contributed by atoms with Gasteiger partial charge in [-0.1, -0.05) is 0 Å². The number of amides is 1. The second-order valence-electron chi connectivity index (χ2n) is 5.11. The smallest absolute Gasteiger partial charge is 0.251 e. The van der Waals surface area contributed by atoms with E-state index in [9.17, 15) is 9.90 Å². The molecule has 1 aromatic rings. The molecule has 1 fully saturated rings. The Morgan fingerprint density at radius 1 is 1.35 bits per heavy atom. The summed E-state index contributed by atoms with van der Waals surface area (Å²) >= 11 is 0. The van der Waals surface area contributed by atoms with Gasteiger partial charge >= 0.3 is 0 Å². The molecule has 3 atom stereocenters. The molecule has 110 valence electrons. The van der Waals surface area contributed by atoms with Crippen LogP contribution >= 0.6 is 0 Å². The van der Waals surface area contributed by atoms with Crippen molar-refractivity contribution in [3.8, 4) is 5.75 Å². The van der Waals surface area contributed by atoms with Crippen molar-refractivity contribution in [3.05, 3.63) is 29.8 Å². The third-order valence-electron chi connectivity index (χ3n) is 3.65. The number of carbonyl (C=O) groups is 1. The summed E-state index contributed by atoms with van der Waals surface area (Å²) in [5.74, 6) is 0.435. The van der Waals surface area contributed by atoms with Gasteiger partial charge in [0.25, 0.3) is 5.91 Å². The van der Waals surface area contributed by atoms with Gasteiger partial charge in [-0.15, -0.1) is 0 Å². The highest BCUT2D eigenvalue weighted by atomic mass is 16.5. The number of carbonyl (C=O) groups excluding carboxylic acids is 1. The van der Waals surface area contributed by atoms with E-state index in [0.29, 0.717) is 25.0 Å². The van der Waals surface area contributed by atoms with E-state index < -0.39 is 6.10 Å². The van der Waals surface area contributed by atoms with Crippen LogP contribution in [0.3, 0.4) is 0 Å². The van der Waals surface area contributed by atoms with Gasteiger partial charge in [0.05, 0.1) is 12.7 Å². The second kappa shape index (κ2) is 6.72. The third kappa shape index (κ3) is 3.49. The van der Waals surface area contributed by atoms with Crippen molar-refractivity contribution in [2.45, 2.75) is 31.9 Å². The number of hydrogen-bond donors (Lipinski definition) is 3. The first-order valence-electron chi connectivity index (χ1n) is 6.96. The Hall–Kier alpha value is -1.59. The summed E-state index contributed by atoms with van der Waals surface area (Å²) in [6, 6.07) is 6.88. The van der Waals surface area contributed by atoms with E-state index in [-0.39, 0.29) is 24.5 Å². The van der Waals surface area contributed by atoms with Gasteiger partial charge in [-0.3, -0.25) is 4.79 Å². The Labute approximate surface area is 118 Å². The molecule has 1 aromatic carbocycles. The zero-order valence-corrected chi connectivity index (χ0v) is 11.6.